The Morgan fingerprint density at radius 1 is 1.48 bits per heavy atom. The second-order valence-corrected chi connectivity index (χ2v) is 7.02. The third-order valence-corrected chi connectivity index (χ3v) is 5.00. The van der Waals surface area contributed by atoms with E-state index in [-0.39, 0.29) is 32.1 Å². The number of hydrogen-bond acceptors (Lipinski definition) is 4. The standard InChI is InChI=1S/C12H14Cl2N2O4S/c1-6-9(21(15,18)19)5-7(13)11(10(6)14)16-12(17)8-3-2-4-20-8/h5,8H,2-4H2,1H3,(H,16,17)(H2,15,18,19). The van der Waals surface area contributed by atoms with Crippen LogP contribution in [-0.4, -0.2) is 27.0 Å². The lowest BCUT2D eigenvalue weighted by Gasteiger charge is -2.16. The highest BCUT2D eigenvalue weighted by molar-refractivity contribution is 7.89. The molecule has 6 nitrogen and oxygen atoms in total. The zero-order valence-electron chi connectivity index (χ0n) is 11.2. The number of hydrogen-bond donors (Lipinski definition) is 2. The van der Waals surface area contributed by atoms with Crippen LogP contribution in [0.5, 0.6) is 0 Å². The van der Waals surface area contributed by atoms with Gasteiger partial charge in [-0.2, -0.15) is 0 Å². The predicted molar refractivity (Wildman–Crippen MR) is 80.2 cm³/mol. The van der Waals surface area contributed by atoms with Crippen molar-refractivity contribution < 1.29 is 17.9 Å². The molecule has 1 aliphatic rings. The fourth-order valence-corrected chi connectivity index (χ4v) is 3.58. The molecule has 1 aromatic rings. The summed E-state index contributed by atoms with van der Waals surface area (Å²) in [6.07, 6.45) is 0.883. The molecule has 2 rings (SSSR count). The van der Waals surface area contributed by atoms with Crippen molar-refractivity contribution in [2.75, 3.05) is 11.9 Å². The quantitative estimate of drug-likeness (QED) is 0.869. The number of rotatable bonds is 3. The summed E-state index contributed by atoms with van der Waals surface area (Å²) in [5.41, 5.74) is 0.384. The summed E-state index contributed by atoms with van der Waals surface area (Å²) in [6, 6.07) is 1.17. The van der Waals surface area contributed by atoms with Crippen molar-refractivity contribution >= 4 is 44.8 Å². The third-order valence-electron chi connectivity index (χ3n) is 3.19. The van der Waals surface area contributed by atoms with Gasteiger partial charge >= 0.3 is 0 Å². The van der Waals surface area contributed by atoms with E-state index in [1.807, 2.05) is 0 Å². The van der Waals surface area contributed by atoms with Crippen LogP contribution in [0.15, 0.2) is 11.0 Å². The van der Waals surface area contributed by atoms with Crippen molar-refractivity contribution in [3.8, 4) is 0 Å². The summed E-state index contributed by atoms with van der Waals surface area (Å²) in [4.78, 5) is 11.8. The van der Waals surface area contributed by atoms with E-state index in [1.165, 1.54) is 13.0 Å². The van der Waals surface area contributed by atoms with Gasteiger partial charge in [-0.25, -0.2) is 13.6 Å². The largest absolute Gasteiger partial charge is 0.368 e. The number of amides is 1. The van der Waals surface area contributed by atoms with E-state index in [1.54, 1.807) is 0 Å². The Kier molecular flexibility index (Phi) is 4.79. The molecule has 0 spiro atoms. The highest BCUT2D eigenvalue weighted by atomic mass is 35.5. The molecule has 0 bridgehead atoms. The van der Waals surface area contributed by atoms with Gasteiger partial charge in [-0.05, 0) is 31.4 Å². The SMILES string of the molecule is Cc1c(S(N)(=O)=O)cc(Cl)c(NC(=O)C2CCCO2)c1Cl. The van der Waals surface area contributed by atoms with Crippen LogP contribution in [0.4, 0.5) is 5.69 Å². The highest BCUT2D eigenvalue weighted by Gasteiger charge is 2.26. The van der Waals surface area contributed by atoms with E-state index in [9.17, 15) is 13.2 Å². The molecule has 1 aromatic carbocycles. The maximum atomic E-state index is 12.0. The number of nitrogens with one attached hydrogen (secondary N) is 1. The van der Waals surface area contributed by atoms with Gasteiger partial charge in [0.25, 0.3) is 5.91 Å². The molecular weight excluding hydrogens is 339 g/mol. The second-order valence-electron chi connectivity index (χ2n) is 4.71. The molecule has 1 atom stereocenters. The Labute approximate surface area is 132 Å². The van der Waals surface area contributed by atoms with Crippen LogP contribution in [0, 0.1) is 6.92 Å². The average Bonchev–Trinajstić information content (AvgIpc) is 2.91. The van der Waals surface area contributed by atoms with Crippen LogP contribution in [0.3, 0.4) is 0 Å². The van der Waals surface area contributed by atoms with E-state index in [0.717, 1.165) is 6.42 Å². The van der Waals surface area contributed by atoms with Gasteiger partial charge in [0.15, 0.2) is 0 Å². The van der Waals surface area contributed by atoms with E-state index < -0.39 is 16.1 Å². The first kappa shape index (κ1) is 16.5. The molecule has 1 amide bonds. The van der Waals surface area contributed by atoms with Gasteiger partial charge in [-0.3, -0.25) is 4.79 Å². The monoisotopic (exact) mass is 352 g/mol. The molecule has 1 fully saturated rings. The lowest BCUT2D eigenvalue weighted by atomic mass is 10.2. The molecule has 116 valence electrons. The van der Waals surface area contributed by atoms with Gasteiger partial charge in [-0.15, -0.1) is 0 Å². The molecule has 0 radical (unpaired) electrons. The fraction of sp³-hybridized carbons (Fsp3) is 0.417. The van der Waals surface area contributed by atoms with Gasteiger partial charge in [0.05, 0.1) is 20.6 Å². The Morgan fingerprint density at radius 2 is 2.14 bits per heavy atom. The van der Waals surface area contributed by atoms with E-state index in [0.29, 0.717) is 13.0 Å². The van der Waals surface area contributed by atoms with Crippen LogP contribution in [0.1, 0.15) is 18.4 Å². The molecule has 0 saturated carbocycles. The molecule has 3 N–H and O–H groups in total. The summed E-state index contributed by atoms with van der Waals surface area (Å²) in [7, 11) is -3.95. The molecule has 1 aliphatic heterocycles. The van der Waals surface area contributed by atoms with Crippen LogP contribution in [0.2, 0.25) is 10.0 Å². The lowest BCUT2D eigenvalue weighted by molar-refractivity contribution is -0.124. The van der Waals surface area contributed by atoms with E-state index in [2.05, 4.69) is 5.32 Å². The van der Waals surface area contributed by atoms with E-state index in [4.69, 9.17) is 33.1 Å². The van der Waals surface area contributed by atoms with Crippen LogP contribution in [-0.2, 0) is 19.6 Å². The maximum Gasteiger partial charge on any atom is 0.253 e. The van der Waals surface area contributed by atoms with Crippen molar-refractivity contribution in [2.45, 2.75) is 30.8 Å². The van der Waals surface area contributed by atoms with Gasteiger partial charge < -0.3 is 10.1 Å². The lowest BCUT2D eigenvalue weighted by Crippen LogP contribution is -2.27. The average molecular weight is 353 g/mol. The number of halogens is 2. The number of nitrogens with two attached hydrogens (primary N) is 1. The number of sulfonamides is 1. The first-order valence-corrected chi connectivity index (χ1v) is 8.46. The molecular formula is C12H14Cl2N2O4S. The minimum absolute atomic E-state index is 0.000900. The molecule has 9 heteroatoms. The second kappa shape index (κ2) is 6.10. The third kappa shape index (κ3) is 3.49. The molecule has 1 heterocycles. The fourth-order valence-electron chi connectivity index (χ4n) is 2.09. The number of primary sulfonamides is 1. The van der Waals surface area contributed by atoms with Gasteiger partial charge in [0, 0.05) is 6.61 Å². The highest BCUT2D eigenvalue weighted by Crippen LogP contribution is 2.37. The first-order valence-electron chi connectivity index (χ1n) is 6.15. The number of anilines is 1. The van der Waals surface area contributed by atoms with Crippen molar-refractivity contribution in [2.24, 2.45) is 5.14 Å². The smallest absolute Gasteiger partial charge is 0.253 e. The topological polar surface area (TPSA) is 98.5 Å². The summed E-state index contributed by atoms with van der Waals surface area (Å²) in [5.74, 6) is -0.362. The summed E-state index contributed by atoms with van der Waals surface area (Å²) in [6.45, 7) is 2.02. The Hall–Kier alpha value is -0.860. The van der Waals surface area contributed by atoms with Crippen molar-refractivity contribution in [1.29, 1.82) is 0 Å². The zero-order chi connectivity index (χ0) is 15.8. The summed E-state index contributed by atoms with van der Waals surface area (Å²) in [5, 5.41) is 7.71. The Morgan fingerprint density at radius 3 is 2.67 bits per heavy atom. The van der Waals surface area contributed by atoms with Gasteiger partial charge in [-0.1, -0.05) is 23.2 Å². The molecule has 0 aliphatic carbocycles. The van der Waals surface area contributed by atoms with Crippen molar-refractivity contribution in [1.82, 2.24) is 0 Å². The Balaban J connectivity index is 2.37. The molecule has 21 heavy (non-hydrogen) atoms. The molecule has 1 unspecified atom stereocenters. The van der Waals surface area contributed by atoms with Gasteiger partial charge in [0.1, 0.15) is 6.10 Å². The number of carbonyl (C=O) groups is 1. The van der Waals surface area contributed by atoms with Crippen LogP contribution >= 0.6 is 23.2 Å². The van der Waals surface area contributed by atoms with Gasteiger partial charge in [0.2, 0.25) is 10.0 Å². The summed E-state index contributed by atoms with van der Waals surface area (Å²) >= 11 is 12.1. The number of carbonyl (C=O) groups excluding carboxylic acids is 1. The zero-order valence-corrected chi connectivity index (χ0v) is 13.5. The Bertz CT molecular complexity index is 685. The van der Waals surface area contributed by atoms with Crippen molar-refractivity contribution in [3.63, 3.8) is 0 Å². The van der Waals surface area contributed by atoms with Crippen LogP contribution in [0.25, 0.3) is 0 Å². The maximum absolute atomic E-state index is 12.0. The minimum atomic E-state index is -3.95. The molecule has 0 aromatic heterocycles. The molecule has 1 saturated heterocycles. The van der Waals surface area contributed by atoms with Crippen molar-refractivity contribution in [3.05, 3.63) is 21.7 Å². The van der Waals surface area contributed by atoms with Crippen LogP contribution < -0.4 is 10.5 Å². The van der Waals surface area contributed by atoms with E-state index >= 15 is 0 Å². The number of ether oxygens (including phenoxy) is 1. The number of benzene rings is 1. The predicted octanol–water partition coefficient (Wildman–Crippen LogP) is 2.07. The normalized spacial score (nSPS) is 18.8. The minimum Gasteiger partial charge on any atom is -0.368 e. The summed E-state index contributed by atoms with van der Waals surface area (Å²) < 4.78 is 28.2. The first-order chi connectivity index (χ1) is 9.71.